The Labute approximate surface area is 103 Å². The zero-order valence-corrected chi connectivity index (χ0v) is 10.1. The number of halogens is 2. The van der Waals surface area contributed by atoms with Gasteiger partial charge >= 0.3 is 0 Å². The second kappa shape index (κ2) is 4.32. The predicted octanol–water partition coefficient (Wildman–Crippen LogP) is 3.66. The third-order valence-corrected chi connectivity index (χ3v) is 2.98. The van der Waals surface area contributed by atoms with E-state index in [1.807, 2.05) is 6.92 Å². The lowest BCUT2D eigenvalue weighted by atomic mass is 10.0. The van der Waals surface area contributed by atoms with Crippen molar-refractivity contribution in [2.24, 2.45) is 0 Å². The molecule has 0 radical (unpaired) electrons. The molecule has 0 aliphatic heterocycles. The van der Waals surface area contributed by atoms with Crippen LogP contribution in [-0.2, 0) is 0 Å². The first kappa shape index (κ1) is 11.2. The van der Waals surface area contributed by atoms with E-state index < -0.39 is 0 Å². The van der Waals surface area contributed by atoms with Crippen molar-refractivity contribution in [3.8, 4) is 11.1 Å². The van der Waals surface area contributed by atoms with Crippen LogP contribution in [0.3, 0.4) is 0 Å². The van der Waals surface area contributed by atoms with Gasteiger partial charge in [-0.05, 0) is 25.1 Å². The van der Waals surface area contributed by atoms with E-state index in [9.17, 15) is 4.79 Å². The molecule has 0 atom stereocenters. The number of hydrogen-bond donors (Lipinski definition) is 1. The van der Waals surface area contributed by atoms with Gasteiger partial charge in [-0.25, -0.2) is 0 Å². The van der Waals surface area contributed by atoms with E-state index in [1.165, 1.54) is 6.07 Å². The Balaban J connectivity index is 2.72. The first-order valence-corrected chi connectivity index (χ1v) is 5.49. The maximum Gasteiger partial charge on any atom is 0.248 e. The Bertz CT molecular complexity index is 570. The van der Waals surface area contributed by atoms with Crippen LogP contribution in [0.2, 0.25) is 10.0 Å². The number of rotatable bonds is 1. The highest BCUT2D eigenvalue weighted by Crippen LogP contribution is 2.35. The van der Waals surface area contributed by atoms with Crippen LogP contribution in [0.5, 0.6) is 0 Å². The Kier molecular flexibility index (Phi) is 3.03. The van der Waals surface area contributed by atoms with Crippen molar-refractivity contribution in [1.29, 1.82) is 0 Å². The number of aromatic nitrogens is 1. The van der Waals surface area contributed by atoms with Gasteiger partial charge in [-0.15, -0.1) is 0 Å². The summed E-state index contributed by atoms with van der Waals surface area (Å²) in [6.45, 7) is 1.82. The molecule has 2 aromatic rings. The Morgan fingerprint density at radius 1 is 1.06 bits per heavy atom. The fraction of sp³-hybridized carbons (Fsp3) is 0.0833. The zero-order chi connectivity index (χ0) is 11.7. The smallest absolute Gasteiger partial charge is 0.248 e. The highest BCUT2D eigenvalue weighted by molar-refractivity contribution is 6.39. The van der Waals surface area contributed by atoms with Crippen LogP contribution in [0.15, 0.2) is 35.1 Å². The average molecular weight is 254 g/mol. The number of hydrogen-bond acceptors (Lipinski definition) is 1. The highest BCUT2D eigenvalue weighted by Gasteiger charge is 2.10. The van der Waals surface area contributed by atoms with Crippen molar-refractivity contribution in [2.75, 3.05) is 0 Å². The van der Waals surface area contributed by atoms with Gasteiger partial charge in [0.2, 0.25) is 5.56 Å². The molecule has 0 aliphatic carbocycles. The molecule has 0 amide bonds. The van der Waals surface area contributed by atoms with Crippen LogP contribution in [0.4, 0.5) is 0 Å². The summed E-state index contributed by atoms with van der Waals surface area (Å²) < 4.78 is 0. The lowest BCUT2D eigenvalue weighted by Crippen LogP contribution is -2.05. The predicted molar refractivity (Wildman–Crippen MR) is 67.3 cm³/mol. The third kappa shape index (κ3) is 1.99. The molecular formula is C12H9Cl2NO. The van der Waals surface area contributed by atoms with Crippen LogP contribution >= 0.6 is 23.2 Å². The number of nitrogens with one attached hydrogen (secondary N) is 1. The lowest BCUT2D eigenvalue weighted by Gasteiger charge is -2.09. The third-order valence-electron chi connectivity index (χ3n) is 2.35. The van der Waals surface area contributed by atoms with E-state index in [4.69, 9.17) is 23.2 Å². The molecule has 0 unspecified atom stereocenters. The van der Waals surface area contributed by atoms with Gasteiger partial charge in [-0.1, -0.05) is 29.3 Å². The van der Waals surface area contributed by atoms with Crippen LogP contribution in [-0.4, -0.2) is 4.98 Å². The van der Waals surface area contributed by atoms with E-state index in [1.54, 1.807) is 24.3 Å². The molecular weight excluding hydrogens is 245 g/mol. The maximum atomic E-state index is 11.1. The highest BCUT2D eigenvalue weighted by atomic mass is 35.5. The minimum absolute atomic E-state index is 0.135. The van der Waals surface area contributed by atoms with Crippen molar-refractivity contribution in [2.45, 2.75) is 6.92 Å². The van der Waals surface area contributed by atoms with Gasteiger partial charge in [0.25, 0.3) is 0 Å². The molecule has 2 nitrogen and oxygen atoms in total. The largest absolute Gasteiger partial charge is 0.326 e. The van der Waals surface area contributed by atoms with E-state index in [0.29, 0.717) is 10.0 Å². The average Bonchev–Trinajstić information content (AvgIpc) is 2.20. The van der Waals surface area contributed by atoms with Gasteiger partial charge in [-0.3, -0.25) is 4.79 Å². The van der Waals surface area contributed by atoms with Crippen LogP contribution in [0.1, 0.15) is 5.69 Å². The Hall–Kier alpha value is -1.25. The standard InChI is InChI=1S/C12H9Cl2NO/c1-7-8(5-6-11(16)15-7)12-9(13)3-2-4-10(12)14/h2-6H,1H3,(H,15,16). The molecule has 0 aliphatic rings. The molecule has 4 heteroatoms. The quantitative estimate of drug-likeness (QED) is 0.827. The van der Waals surface area contributed by atoms with Gasteiger partial charge < -0.3 is 4.98 Å². The lowest BCUT2D eigenvalue weighted by molar-refractivity contribution is 1.15. The van der Waals surface area contributed by atoms with Gasteiger partial charge in [0.1, 0.15) is 0 Å². The van der Waals surface area contributed by atoms with Gasteiger partial charge in [0, 0.05) is 32.9 Å². The second-order valence-corrected chi connectivity index (χ2v) is 4.27. The van der Waals surface area contributed by atoms with Crippen molar-refractivity contribution in [3.05, 3.63) is 56.4 Å². The normalized spacial score (nSPS) is 10.4. The fourth-order valence-corrected chi connectivity index (χ4v) is 2.20. The molecule has 0 saturated heterocycles. The van der Waals surface area contributed by atoms with Gasteiger partial charge in [-0.2, -0.15) is 0 Å². The number of benzene rings is 1. The zero-order valence-electron chi connectivity index (χ0n) is 8.55. The van der Waals surface area contributed by atoms with Crippen LogP contribution in [0, 0.1) is 6.92 Å². The SMILES string of the molecule is Cc1[nH]c(=O)ccc1-c1c(Cl)cccc1Cl. The van der Waals surface area contributed by atoms with Crippen LogP contribution in [0.25, 0.3) is 11.1 Å². The molecule has 2 rings (SSSR count). The van der Waals surface area contributed by atoms with E-state index >= 15 is 0 Å². The minimum atomic E-state index is -0.135. The molecule has 1 aromatic carbocycles. The summed E-state index contributed by atoms with van der Waals surface area (Å²) in [6.07, 6.45) is 0. The number of aromatic amines is 1. The number of H-pyrrole nitrogens is 1. The van der Waals surface area contributed by atoms with Crippen molar-refractivity contribution in [3.63, 3.8) is 0 Å². The summed E-state index contributed by atoms with van der Waals surface area (Å²) in [6, 6.07) is 8.51. The maximum absolute atomic E-state index is 11.1. The fourth-order valence-electron chi connectivity index (χ4n) is 1.60. The first-order valence-electron chi connectivity index (χ1n) is 4.74. The molecule has 1 heterocycles. The van der Waals surface area contributed by atoms with Gasteiger partial charge in [0.15, 0.2) is 0 Å². The van der Waals surface area contributed by atoms with Crippen LogP contribution < -0.4 is 5.56 Å². The molecule has 1 aromatic heterocycles. The Morgan fingerprint density at radius 2 is 1.69 bits per heavy atom. The van der Waals surface area contributed by atoms with E-state index in [2.05, 4.69) is 4.98 Å². The summed E-state index contributed by atoms with van der Waals surface area (Å²) in [4.78, 5) is 13.8. The van der Waals surface area contributed by atoms with Gasteiger partial charge in [0.05, 0.1) is 0 Å². The first-order chi connectivity index (χ1) is 7.59. The monoisotopic (exact) mass is 253 g/mol. The molecule has 0 saturated carbocycles. The Morgan fingerprint density at radius 3 is 2.25 bits per heavy atom. The number of aryl methyl sites for hydroxylation is 1. The summed E-state index contributed by atoms with van der Waals surface area (Å²) in [5.41, 5.74) is 2.21. The number of pyridine rings is 1. The molecule has 0 bridgehead atoms. The molecule has 1 N–H and O–H groups in total. The summed E-state index contributed by atoms with van der Waals surface area (Å²) in [7, 11) is 0. The second-order valence-electron chi connectivity index (χ2n) is 3.46. The molecule has 0 spiro atoms. The van der Waals surface area contributed by atoms with Crippen molar-refractivity contribution < 1.29 is 0 Å². The van der Waals surface area contributed by atoms with Crippen molar-refractivity contribution in [1.82, 2.24) is 4.98 Å². The molecule has 0 fully saturated rings. The summed E-state index contributed by atoms with van der Waals surface area (Å²) >= 11 is 12.2. The van der Waals surface area contributed by atoms with E-state index in [0.717, 1.165) is 16.8 Å². The molecule has 82 valence electrons. The topological polar surface area (TPSA) is 32.9 Å². The summed E-state index contributed by atoms with van der Waals surface area (Å²) in [5.74, 6) is 0. The summed E-state index contributed by atoms with van der Waals surface area (Å²) in [5, 5.41) is 1.14. The molecule has 16 heavy (non-hydrogen) atoms. The van der Waals surface area contributed by atoms with E-state index in [-0.39, 0.29) is 5.56 Å². The van der Waals surface area contributed by atoms with Crippen molar-refractivity contribution >= 4 is 23.2 Å². The minimum Gasteiger partial charge on any atom is -0.326 e.